The van der Waals surface area contributed by atoms with Crippen molar-refractivity contribution in [3.05, 3.63) is 69.1 Å². The number of nitro benzene ring substituents is 1. The van der Waals surface area contributed by atoms with Crippen LogP contribution >= 0.6 is 11.8 Å². The first-order valence-electron chi connectivity index (χ1n) is 8.98. The number of anilines is 1. The van der Waals surface area contributed by atoms with Crippen LogP contribution in [0, 0.1) is 10.1 Å². The van der Waals surface area contributed by atoms with Crippen LogP contribution in [0.5, 0.6) is 0 Å². The van der Waals surface area contributed by atoms with Gasteiger partial charge >= 0.3 is 0 Å². The third-order valence-corrected chi connectivity index (χ3v) is 5.50. The third kappa shape index (κ3) is 4.23. The zero-order valence-corrected chi connectivity index (χ0v) is 15.8. The van der Waals surface area contributed by atoms with Gasteiger partial charge in [0.1, 0.15) is 5.52 Å². The van der Waals surface area contributed by atoms with Gasteiger partial charge in [0, 0.05) is 12.1 Å². The van der Waals surface area contributed by atoms with Crippen molar-refractivity contribution in [3.8, 4) is 0 Å². The maximum atomic E-state index is 10.7. The van der Waals surface area contributed by atoms with Gasteiger partial charge in [-0.2, -0.15) is 5.10 Å². The normalized spacial score (nSPS) is 14.7. The summed E-state index contributed by atoms with van der Waals surface area (Å²) < 4.78 is 5.83. The Morgan fingerprint density at radius 2 is 1.93 bits per heavy atom. The average Bonchev–Trinajstić information content (AvgIpc) is 3.12. The highest BCUT2D eigenvalue weighted by Gasteiger charge is 2.16. The lowest BCUT2D eigenvalue weighted by Crippen LogP contribution is -2.00. The molecule has 0 radical (unpaired) electrons. The first-order valence-corrected chi connectivity index (χ1v) is 9.80. The summed E-state index contributed by atoms with van der Waals surface area (Å²) in [6.07, 6.45) is 6.01. The number of non-ortho nitro benzene ring substituents is 1. The third-order valence-electron chi connectivity index (χ3n) is 4.44. The second kappa shape index (κ2) is 8.26. The van der Waals surface area contributed by atoms with E-state index in [1.807, 2.05) is 30.5 Å². The number of hydrogen-bond acceptors (Lipinski definition) is 7. The van der Waals surface area contributed by atoms with E-state index in [0.717, 1.165) is 42.4 Å². The number of allylic oxidation sites excluding steroid dienone is 2. The largest absolute Gasteiger partial charge is 0.431 e. The van der Waals surface area contributed by atoms with Crippen molar-refractivity contribution in [2.24, 2.45) is 5.10 Å². The molecule has 7 nitrogen and oxygen atoms in total. The summed E-state index contributed by atoms with van der Waals surface area (Å²) in [6.45, 7) is 0. The molecule has 1 aliphatic carbocycles. The Morgan fingerprint density at radius 1 is 1.14 bits per heavy atom. The van der Waals surface area contributed by atoms with E-state index in [4.69, 9.17) is 4.42 Å². The quantitative estimate of drug-likeness (QED) is 0.325. The summed E-state index contributed by atoms with van der Waals surface area (Å²) in [4.78, 5) is 16.0. The predicted octanol–water partition coefficient (Wildman–Crippen LogP) is 5.75. The van der Waals surface area contributed by atoms with E-state index >= 15 is 0 Å². The SMILES string of the molecule is O=[N+]([O-])c1ccc(NN=CC2=C(Sc3nc4ccccc4o3)CCCC2)cc1. The molecule has 0 fully saturated rings. The number of aromatic nitrogens is 1. The molecule has 4 rings (SSSR count). The Kier molecular flexibility index (Phi) is 5.38. The van der Waals surface area contributed by atoms with Gasteiger partial charge in [-0.05, 0) is 72.2 Å². The minimum Gasteiger partial charge on any atom is -0.431 e. The molecule has 8 heteroatoms. The van der Waals surface area contributed by atoms with Gasteiger partial charge < -0.3 is 4.42 Å². The number of nitrogens with zero attached hydrogens (tertiary/aromatic N) is 3. The Morgan fingerprint density at radius 3 is 2.71 bits per heavy atom. The van der Waals surface area contributed by atoms with Crippen molar-refractivity contribution in [3.63, 3.8) is 0 Å². The van der Waals surface area contributed by atoms with Crippen LogP contribution in [-0.4, -0.2) is 16.1 Å². The number of rotatable bonds is 6. The van der Waals surface area contributed by atoms with Gasteiger partial charge in [-0.1, -0.05) is 12.1 Å². The van der Waals surface area contributed by atoms with E-state index < -0.39 is 4.92 Å². The highest BCUT2D eigenvalue weighted by molar-refractivity contribution is 8.02. The minimum absolute atomic E-state index is 0.0570. The minimum atomic E-state index is -0.421. The number of hydrazone groups is 1. The number of nitrogens with one attached hydrogen (secondary N) is 1. The molecule has 0 unspecified atom stereocenters. The number of para-hydroxylation sites is 2. The predicted molar refractivity (Wildman–Crippen MR) is 111 cm³/mol. The number of hydrogen-bond donors (Lipinski definition) is 1. The number of oxazole rings is 1. The van der Waals surface area contributed by atoms with E-state index in [9.17, 15) is 10.1 Å². The second-order valence-corrected chi connectivity index (χ2v) is 7.43. The molecular weight excluding hydrogens is 376 g/mol. The summed E-state index contributed by atoms with van der Waals surface area (Å²) in [5.41, 5.74) is 6.49. The van der Waals surface area contributed by atoms with Gasteiger partial charge in [0.05, 0.1) is 16.8 Å². The van der Waals surface area contributed by atoms with Crippen LogP contribution < -0.4 is 5.43 Å². The van der Waals surface area contributed by atoms with E-state index in [2.05, 4.69) is 15.5 Å². The topological polar surface area (TPSA) is 93.6 Å². The van der Waals surface area contributed by atoms with Crippen molar-refractivity contribution in [1.29, 1.82) is 0 Å². The molecule has 1 heterocycles. The summed E-state index contributed by atoms with van der Waals surface area (Å²) in [5, 5.41) is 15.7. The monoisotopic (exact) mass is 394 g/mol. The summed E-state index contributed by atoms with van der Waals surface area (Å²) in [6, 6.07) is 13.9. The fourth-order valence-corrected chi connectivity index (χ4v) is 4.02. The molecule has 0 aliphatic heterocycles. The van der Waals surface area contributed by atoms with Crippen molar-refractivity contribution in [2.45, 2.75) is 30.9 Å². The van der Waals surface area contributed by atoms with Crippen LogP contribution in [0.1, 0.15) is 25.7 Å². The molecule has 0 amide bonds. The molecule has 0 atom stereocenters. The summed E-state index contributed by atoms with van der Waals surface area (Å²) in [5.74, 6) is 0. The van der Waals surface area contributed by atoms with Crippen LogP contribution in [0.25, 0.3) is 11.1 Å². The standard InChI is InChI=1S/C20H18N4O3S/c25-24(26)16-11-9-15(10-12-16)23-21-13-14-5-1-4-8-19(14)28-20-22-17-6-2-3-7-18(17)27-20/h2-3,6-7,9-13,23H,1,4-5,8H2. The molecule has 142 valence electrons. The first kappa shape index (κ1) is 18.2. The van der Waals surface area contributed by atoms with Crippen LogP contribution in [0.2, 0.25) is 0 Å². The van der Waals surface area contributed by atoms with E-state index in [1.165, 1.54) is 17.0 Å². The maximum Gasteiger partial charge on any atom is 0.269 e. The molecule has 0 saturated heterocycles. The average molecular weight is 394 g/mol. The lowest BCUT2D eigenvalue weighted by atomic mass is 10.0. The number of thioether (sulfide) groups is 1. The fraction of sp³-hybridized carbons (Fsp3) is 0.200. The van der Waals surface area contributed by atoms with Gasteiger partial charge in [-0.3, -0.25) is 15.5 Å². The van der Waals surface area contributed by atoms with Crippen molar-refractivity contribution < 1.29 is 9.34 Å². The van der Waals surface area contributed by atoms with E-state index in [-0.39, 0.29) is 5.69 Å². The molecule has 1 aliphatic rings. The number of benzene rings is 2. The van der Waals surface area contributed by atoms with Crippen molar-refractivity contribution >= 4 is 40.5 Å². The van der Waals surface area contributed by atoms with Crippen LogP contribution in [0.4, 0.5) is 11.4 Å². The number of nitro groups is 1. The highest BCUT2D eigenvalue weighted by atomic mass is 32.2. The van der Waals surface area contributed by atoms with Crippen molar-refractivity contribution in [2.75, 3.05) is 5.43 Å². The van der Waals surface area contributed by atoms with Gasteiger partial charge in [0.15, 0.2) is 5.58 Å². The summed E-state index contributed by atoms with van der Waals surface area (Å²) >= 11 is 1.56. The lowest BCUT2D eigenvalue weighted by Gasteiger charge is -2.15. The van der Waals surface area contributed by atoms with Gasteiger partial charge in [-0.15, -0.1) is 0 Å². The second-order valence-electron chi connectivity index (χ2n) is 6.38. The van der Waals surface area contributed by atoms with E-state index in [1.54, 1.807) is 23.9 Å². The maximum absolute atomic E-state index is 10.7. The molecule has 0 bridgehead atoms. The first-order chi connectivity index (χ1) is 13.7. The zero-order valence-electron chi connectivity index (χ0n) is 15.0. The van der Waals surface area contributed by atoms with Gasteiger partial charge in [0.2, 0.25) is 0 Å². The molecule has 1 N–H and O–H groups in total. The molecule has 1 aromatic heterocycles. The van der Waals surface area contributed by atoms with E-state index in [0.29, 0.717) is 10.9 Å². The summed E-state index contributed by atoms with van der Waals surface area (Å²) in [7, 11) is 0. The van der Waals surface area contributed by atoms with Gasteiger partial charge in [-0.25, -0.2) is 4.98 Å². The Hall–Kier alpha value is -3.13. The Balaban J connectivity index is 1.47. The Bertz CT molecular complexity index is 1020. The Labute approximate surface area is 165 Å². The lowest BCUT2D eigenvalue weighted by molar-refractivity contribution is -0.384. The fourth-order valence-electron chi connectivity index (χ4n) is 3.00. The highest BCUT2D eigenvalue weighted by Crippen LogP contribution is 2.37. The molecule has 2 aromatic carbocycles. The van der Waals surface area contributed by atoms with Gasteiger partial charge in [0.25, 0.3) is 10.9 Å². The van der Waals surface area contributed by atoms with Crippen LogP contribution in [-0.2, 0) is 0 Å². The molecule has 28 heavy (non-hydrogen) atoms. The van der Waals surface area contributed by atoms with Crippen LogP contribution in [0.3, 0.4) is 0 Å². The molecular formula is C20H18N4O3S. The van der Waals surface area contributed by atoms with Crippen LogP contribution in [0.15, 0.2) is 73.8 Å². The molecule has 0 spiro atoms. The molecule has 0 saturated carbocycles. The molecule has 3 aromatic rings. The zero-order chi connectivity index (χ0) is 19.3. The number of fused-ring (bicyclic) bond motifs is 1. The smallest absolute Gasteiger partial charge is 0.269 e. The van der Waals surface area contributed by atoms with Crippen molar-refractivity contribution in [1.82, 2.24) is 4.98 Å².